The van der Waals surface area contributed by atoms with Gasteiger partial charge in [-0.05, 0) is 25.8 Å². The van der Waals surface area contributed by atoms with Crippen LogP contribution in [0, 0.1) is 19.8 Å². The summed E-state index contributed by atoms with van der Waals surface area (Å²) in [5.74, 6) is -0.144. The average molecular weight is 271 g/mol. The van der Waals surface area contributed by atoms with Crippen LogP contribution in [0.25, 0.3) is 0 Å². The molecule has 0 bridgehead atoms. The highest BCUT2D eigenvalue weighted by atomic mass is 35.5. The van der Waals surface area contributed by atoms with E-state index in [1.165, 1.54) is 0 Å². The van der Waals surface area contributed by atoms with Crippen LogP contribution in [0.2, 0.25) is 5.02 Å². The van der Waals surface area contributed by atoms with Crippen LogP contribution >= 0.6 is 11.6 Å². The number of aliphatic hydroxyl groups excluding tert-OH is 1. The first-order valence-electron chi connectivity index (χ1n) is 5.92. The van der Waals surface area contributed by atoms with E-state index in [4.69, 9.17) is 11.6 Å². The number of aromatic nitrogens is 1. The number of pyridine rings is 1. The zero-order valence-electron chi connectivity index (χ0n) is 11.1. The van der Waals surface area contributed by atoms with Crippen LogP contribution in [-0.2, 0) is 0 Å². The van der Waals surface area contributed by atoms with Gasteiger partial charge in [-0.25, -0.2) is 0 Å². The molecule has 1 aromatic heterocycles. The molecule has 100 valence electrons. The van der Waals surface area contributed by atoms with Crippen molar-refractivity contribution < 1.29 is 9.90 Å². The van der Waals surface area contributed by atoms with Crippen molar-refractivity contribution >= 4 is 17.5 Å². The van der Waals surface area contributed by atoms with Gasteiger partial charge in [0, 0.05) is 5.69 Å². The van der Waals surface area contributed by atoms with E-state index in [1.807, 2.05) is 20.8 Å². The molecule has 0 saturated carbocycles. The van der Waals surface area contributed by atoms with Crippen molar-refractivity contribution in [1.82, 2.24) is 10.3 Å². The van der Waals surface area contributed by atoms with Crippen molar-refractivity contribution in [2.24, 2.45) is 5.92 Å². The zero-order valence-corrected chi connectivity index (χ0v) is 11.9. The van der Waals surface area contributed by atoms with Gasteiger partial charge in [-0.3, -0.25) is 9.78 Å². The van der Waals surface area contributed by atoms with Crippen molar-refractivity contribution in [3.8, 4) is 0 Å². The minimum absolute atomic E-state index is 0.0979. The molecule has 0 aliphatic heterocycles. The van der Waals surface area contributed by atoms with E-state index in [2.05, 4.69) is 10.3 Å². The van der Waals surface area contributed by atoms with Crippen LogP contribution in [0.4, 0.5) is 0 Å². The molecule has 1 aromatic rings. The Morgan fingerprint density at radius 3 is 2.56 bits per heavy atom. The summed E-state index contributed by atoms with van der Waals surface area (Å²) < 4.78 is 0. The number of nitrogens with one attached hydrogen (secondary N) is 1. The summed E-state index contributed by atoms with van der Waals surface area (Å²) in [6.45, 7) is 7.34. The van der Waals surface area contributed by atoms with Gasteiger partial charge >= 0.3 is 0 Å². The minimum Gasteiger partial charge on any atom is -0.394 e. The van der Waals surface area contributed by atoms with Crippen molar-refractivity contribution in [1.29, 1.82) is 0 Å². The molecule has 1 rings (SSSR count). The maximum atomic E-state index is 12.1. The standard InChI is InChI=1S/C13H19ClN2O2/c1-7(2)11(6-17)16-13(18)12-9(4)15-8(3)5-10(12)14/h5,7,11,17H,6H2,1-4H3,(H,16,18)/t11-/m1/s1. The Morgan fingerprint density at radius 1 is 1.50 bits per heavy atom. The van der Waals surface area contributed by atoms with E-state index in [0.717, 1.165) is 5.69 Å². The Balaban J connectivity index is 2.98. The molecule has 5 heteroatoms. The molecule has 0 unspecified atom stereocenters. The largest absolute Gasteiger partial charge is 0.394 e. The lowest BCUT2D eigenvalue weighted by Gasteiger charge is -2.20. The topological polar surface area (TPSA) is 62.2 Å². The SMILES string of the molecule is Cc1cc(Cl)c(C(=O)N[C@H](CO)C(C)C)c(C)n1. The number of halogens is 1. The van der Waals surface area contributed by atoms with Crippen LogP contribution in [0.5, 0.6) is 0 Å². The predicted molar refractivity (Wildman–Crippen MR) is 71.9 cm³/mol. The number of rotatable bonds is 4. The van der Waals surface area contributed by atoms with E-state index in [-0.39, 0.29) is 24.5 Å². The lowest BCUT2D eigenvalue weighted by molar-refractivity contribution is 0.0896. The highest BCUT2D eigenvalue weighted by Crippen LogP contribution is 2.20. The van der Waals surface area contributed by atoms with Crippen molar-refractivity contribution in [3.05, 3.63) is 28.0 Å². The molecule has 0 aliphatic rings. The Labute approximate surface area is 112 Å². The van der Waals surface area contributed by atoms with Gasteiger partial charge in [0.15, 0.2) is 0 Å². The smallest absolute Gasteiger partial charge is 0.254 e. The molecule has 0 radical (unpaired) electrons. The van der Waals surface area contributed by atoms with E-state index >= 15 is 0 Å². The van der Waals surface area contributed by atoms with Crippen molar-refractivity contribution in [2.75, 3.05) is 6.61 Å². The second-order valence-electron chi connectivity index (χ2n) is 4.71. The van der Waals surface area contributed by atoms with Gasteiger partial charge in [-0.2, -0.15) is 0 Å². The highest BCUT2D eigenvalue weighted by Gasteiger charge is 2.20. The van der Waals surface area contributed by atoms with Crippen molar-refractivity contribution in [3.63, 3.8) is 0 Å². The minimum atomic E-state index is -0.294. The number of hydrogen-bond acceptors (Lipinski definition) is 3. The average Bonchev–Trinajstić information content (AvgIpc) is 2.23. The van der Waals surface area contributed by atoms with E-state index in [0.29, 0.717) is 16.3 Å². The monoisotopic (exact) mass is 270 g/mol. The number of carbonyl (C=O) groups excluding carboxylic acids is 1. The maximum absolute atomic E-state index is 12.1. The fraction of sp³-hybridized carbons (Fsp3) is 0.538. The first kappa shape index (κ1) is 14.9. The lowest BCUT2D eigenvalue weighted by Crippen LogP contribution is -2.41. The third kappa shape index (κ3) is 3.43. The van der Waals surface area contributed by atoms with Gasteiger partial charge in [0.2, 0.25) is 0 Å². The summed E-state index contributed by atoms with van der Waals surface area (Å²) in [7, 11) is 0. The van der Waals surface area contributed by atoms with E-state index in [1.54, 1.807) is 13.0 Å². The molecule has 0 spiro atoms. The van der Waals surface area contributed by atoms with Gasteiger partial charge in [0.25, 0.3) is 5.91 Å². The summed E-state index contributed by atoms with van der Waals surface area (Å²) in [6, 6.07) is 1.38. The Hall–Kier alpha value is -1.13. The van der Waals surface area contributed by atoms with E-state index < -0.39 is 0 Å². The number of carbonyl (C=O) groups is 1. The third-order valence-electron chi connectivity index (χ3n) is 2.83. The number of amides is 1. The quantitative estimate of drug-likeness (QED) is 0.881. The third-order valence-corrected chi connectivity index (χ3v) is 3.12. The maximum Gasteiger partial charge on any atom is 0.254 e. The molecule has 0 saturated heterocycles. The summed E-state index contributed by atoms with van der Waals surface area (Å²) in [6.07, 6.45) is 0. The highest BCUT2D eigenvalue weighted by molar-refractivity contribution is 6.34. The Kier molecular flexibility index (Phi) is 5.11. The molecule has 1 heterocycles. The second-order valence-corrected chi connectivity index (χ2v) is 5.12. The molecule has 0 aromatic carbocycles. The number of aliphatic hydroxyl groups is 1. The molecule has 0 aliphatic carbocycles. The van der Waals surface area contributed by atoms with Gasteiger partial charge in [-0.1, -0.05) is 25.4 Å². The lowest BCUT2D eigenvalue weighted by atomic mass is 10.0. The molecule has 1 atom stereocenters. The van der Waals surface area contributed by atoms with Crippen LogP contribution in [0.1, 0.15) is 35.6 Å². The van der Waals surface area contributed by atoms with Gasteiger partial charge in [-0.15, -0.1) is 0 Å². The van der Waals surface area contributed by atoms with Gasteiger partial charge < -0.3 is 10.4 Å². The Morgan fingerprint density at radius 2 is 2.11 bits per heavy atom. The first-order chi connectivity index (χ1) is 8.36. The molecule has 0 fully saturated rings. The van der Waals surface area contributed by atoms with Crippen LogP contribution in [0.15, 0.2) is 6.07 Å². The molecule has 1 amide bonds. The van der Waals surface area contributed by atoms with Gasteiger partial charge in [0.05, 0.1) is 28.9 Å². The summed E-state index contributed by atoms with van der Waals surface area (Å²) >= 11 is 6.07. The van der Waals surface area contributed by atoms with E-state index in [9.17, 15) is 9.90 Å². The number of nitrogens with zero attached hydrogens (tertiary/aromatic N) is 1. The second kappa shape index (κ2) is 6.16. The number of aryl methyl sites for hydroxylation is 2. The normalized spacial score (nSPS) is 12.6. The summed E-state index contributed by atoms with van der Waals surface area (Å²) in [5.41, 5.74) is 1.75. The van der Waals surface area contributed by atoms with Crippen LogP contribution in [0.3, 0.4) is 0 Å². The van der Waals surface area contributed by atoms with Gasteiger partial charge in [0.1, 0.15) is 0 Å². The fourth-order valence-corrected chi connectivity index (χ4v) is 2.10. The summed E-state index contributed by atoms with van der Waals surface area (Å²) in [4.78, 5) is 16.4. The molecule has 2 N–H and O–H groups in total. The zero-order chi connectivity index (χ0) is 13.9. The Bertz CT molecular complexity index is 424. The molecular weight excluding hydrogens is 252 g/mol. The predicted octanol–water partition coefficient (Wildman–Crippen LogP) is 2.10. The molecular formula is C13H19ClN2O2. The first-order valence-corrected chi connectivity index (χ1v) is 6.30. The van der Waals surface area contributed by atoms with Crippen LogP contribution in [-0.4, -0.2) is 28.6 Å². The number of hydrogen-bond donors (Lipinski definition) is 2. The van der Waals surface area contributed by atoms with Crippen LogP contribution < -0.4 is 5.32 Å². The molecule has 18 heavy (non-hydrogen) atoms. The fourth-order valence-electron chi connectivity index (χ4n) is 1.72. The molecule has 4 nitrogen and oxygen atoms in total. The van der Waals surface area contributed by atoms with Crippen molar-refractivity contribution in [2.45, 2.75) is 33.7 Å². The summed E-state index contributed by atoms with van der Waals surface area (Å²) in [5, 5.41) is 12.4.